The van der Waals surface area contributed by atoms with Gasteiger partial charge in [-0.1, -0.05) is 0 Å². The van der Waals surface area contributed by atoms with Crippen LogP contribution in [0, 0.1) is 0 Å². The van der Waals surface area contributed by atoms with E-state index in [0.29, 0.717) is 0 Å². The molecule has 1 unspecified atom stereocenters. The van der Waals surface area contributed by atoms with E-state index in [1.807, 2.05) is 0 Å². The van der Waals surface area contributed by atoms with Gasteiger partial charge in [0.15, 0.2) is 0 Å². The second-order valence-electron chi connectivity index (χ2n) is 1.53. The van der Waals surface area contributed by atoms with Crippen molar-refractivity contribution >= 4 is 11.1 Å². The molecule has 0 aliphatic rings. The highest BCUT2D eigenvalue weighted by molar-refractivity contribution is 7.79. The van der Waals surface area contributed by atoms with Crippen LogP contribution in [0.15, 0.2) is 17.3 Å². The molecule has 0 fully saturated rings. The van der Waals surface area contributed by atoms with Crippen molar-refractivity contribution in [3.8, 4) is 0 Å². The van der Waals surface area contributed by atoms with Crippen molar-refractivity contribution in [2.24, 2.45) is 7.05 Å². The number of hydrogen-bond acceptors (Lipinski definition) is 3. The van der Waals surface area contributed by atoms with E-state index in [9.17, 15) is 8.76 Å². The smallest absolute Gasteiger partial charge is 0.111 e. The van der Waals surface area contributed by atoms with Crippen molar-refractivity contribution in [3.05, 3.63) is 12.3 Å². The predicted octanol–water partition coefficient (Wildman–Crippen LogP) is -0.342. The zero-order valence-corrected chi connectivity index (χ0v) is 5.59. The summed E-state index contributed by atoms with van der Waals surface area (Å²) in [6.45, 7) is 0. The standard InChI is InChI=1S/C4H6N2O2S/c1-6-4(9(7)8)2-3-5-6/h2-3H,1H3,(H,7,8)/p-1. The first-order valence-corrected chi connectivity index (χ1v) is 3.36. The zero-order chi connectivity index (χ0) is 6.85. The van der Waals surface area contributed by atoms with Gasteiger partial charge in [0.2, 0.25) is 0 Å². The summed E-state index contributed by atoms with van der Waals surface area (Å²) in [5.74, 6) is 0. The Bertz CT molecular complexity index is 232. The number of aryl methyl sites for hydroxylation is 1. The SMILES string of the molecule is Cn1nccc1S(=O)[O-]. The molecule has 0 saturated carbocycles. The van der Waals surface area contributed by atoms with E-state index < -0.39 is 11.1 Å². The van der Waals surface area contributed by atoms with Crippen LogP contribution in [0.5, 0.6) is 0 Å². The number of hydrogen-bond donors (Lipinski definition) is 0. The Kier molecular flexibility index (Phi) is 1.63. The van der Waals surface area contributed by atoms with E-state index in [4.69, 9.17) is 0 Å². The lowest BCUT2D eigenvalue weighted by molar-refractivity contribution is 0.523. The van der Waals surface area contributed by atoms with Crippen LogP contribution in [0.2, 0.25) is 0 Å². The maximum absolute atomic E-state index is 10.2. The maximum Gasteiger partial charge on any atom is 0.111 e. The monoisotopic (exact) mass is 145 g/mol. The Hall–Kier alpha value is -0.680. The van der Waals surface area contributed by atoms with Gasteiger partial charge in [0.1, 0.15) is 5.03 Å². The van der Waals surface area contributed by atoms with Crippen molar-refractivity contribution in [2.75, 3.05) is 0 Å². The van der Waals surface area contributed by atoms with Gasteiger partial charge in [0.05, 0.1) is 6.20 Å². The minimum atomic E-state index is -2.16. The average molecular weight is 145 g/mol. The molecule has 1 aromatic rings. The van der Waals surface area contributed by atoms with Crippen LogP contribution >= 0.6 is 0 Å². The Balaban J connectivity index is 3.08. The fraction of sp³-hybridized carbons (Fsp3) is 0.250. The largest absolute Gasteiger partial charge is 0.767 e. The fourth-order valence-corrected chi connectivity index (χ4v) is 0.960. The molecule has 0 saturated heterocycles. The Morgan fingerprint density at radius 1 is 1.89 bits per heavy atom. The van der Waals surface area contributed by atoms with Crippen LogP contribution in [-0.4, -0.2) is 18.5 Å². The van der Waals surface area contributed by atoms with Crippen LogP contribution in [-0.2, 0) is 18.1 Å². The second-order valence-corrected chi connectivity index (χ2v) is 2.42. The van der Waals surface area contributed by atoms with Gasteiger partial charge in [-0.15, -0.1) is 0 Å². The third kappa shape index (κ3) is 1.17. The van der Waals surface area contributed by atoms with E-state index in [0.717, 1.165) is 0 Å². The summed E-state index contributed by atoms with van der Waals surface area (Å²) in [7, 11) is 1.57. The summed E-state index contributed by atoms with van der Waals surface area (Å²) >= 11 is -2.16. The highest BCUT2D eigenvalue weighted by atomic mass is 32.2. The molecule has 0 aliphatic heterocycles. The molecule has 9 heavy (non-hydrogen) atoms. The van der Waals surface area contributed by atoms with Crippen molar-refractivity contribution in [1.82, 2.24) is 9.78 Å². The first-order valence-electron chi connectivity index (χ1n) is 2.29. The van der Waals surface area contributed by atoms with Gasteiger partial charge < -0.3 is 4.55 Å². The lowest BCUT2D eigenvalue weighted by Crippen LogP contribution is -1.99. The number of rotatable bonds is 1. The first kappa shape index (κ1) is 6.44. The van der Waals surface area contributed by atoms with Gasteiger partial charge in [-0.3, -0.25) is 8.89 Å². The van der Waals surface area contributed by atoms with Gasteiger partial charge in [-0.05, 0) is 17.1 Å². The Labute approximate surface area is 54.8 Å². The highest BCUT2D eigenvalue weighted by Crippen LogP contribution is 1.98. The van der Waals surface area contributed by atoms with Gasteiger partial charge in [-0.2, -0.15) is 5.10 Å². The Morgan fingerprint density at radius 2 is 2.56 bits per heavy atom. The molecule has 0 spiro atoms. The highest BCUT2D eigenvalue weighted by Gasteiger charge is 1.94. The lowest BCUT2D eigenvalue weighted by atomic mass is 10.7. The third-order valence-electron chi connectivity index (χ3n) is 0.947. The van der Waals surface area contributed by atoms with Crippen molar-refractivity contribution in [3.63, 3.8) is 0 Å². The molecule has 0 amide bonds. The molecule has 0 aromatic carbocycles. The quantitative estimate of drug-likeness (QED) is 0.508. The van der Waals surface area contributed by atoms with E-state index in [1.165, 1.54) is 16.9 Å². The summed E-state index contributed by atoms with van der Waals surface area (Å²) < 4.78 is 21.7. The van der Waals surface area contributed by atoms with Crippen LogP contribution < -0.4 is 0 Å². The van der Waals surface area contributed by atoms with Crippen molar-refractivity contribution in [2.45, 2.75) is 5.03 Å². The van der Waals surface area contributed by atoms with E-state index in [1.54, 1.807) is 7.05 Å². The summed E-state index contributed by atoms with van der Waals surface area (Å²) in [5.41, 5.74) is 0. The average Bonchev–Trinajstić information content (AvgIpc) is 2.13. The molecule has 0 bridgehead atoms. The predicted molar refractivity (Wildman–Crippen MR) is 30.4 cm³/mol. The van der Waals surface area contributed by atoms with E-state index >= 15 is 0 Å². The molecule has 1 heterocycles. The van der Waals surface area contributed by atoms with Crippen molar-refractivity contribution in [1.29, 1.82) is 0 Å². The van der Waals surface area contributed by atoms with Crippen LogP contribution in [0.3, 0.4) is 0 Å². The molecule has 0 aliphatic carbocycles. The molecule has 50 valence electrons. The van der Waals surface area contributed by atoms with Gasteiger partial charge in [0, 0.05) is 7.05 Å². The van der Waals surface area contributed by atoms with Crippen LogP contribution in [0.4, 0.5) is 0 Å². The summed E-state index contributed by atoms with van der Waals surface area (Å²) in [6, 6.07) is 1.43. The summed E-state index contributed by atoms with van der Waals surface area (Å²) in [4.78, 5) is 0. The molecule has 0 N–H and O–H groups in total. The normalized spacial score (nSPS) is 13.6. The number of aromatic nitrogens is 2. The minimum Gasteiger partial charge on any atom is -0.767 e. The lowest BCUT2D eigenvalue weighted by Gasteiger charge is -2.02. The molecule has 0 radical (unpaired) electrons. The van der Waals surface area contributed by atoms with Crippen LogP contribution in [0.1, 0.15) is 0 Å². The first-order chi connectivity index (χ1) is 4.22. The maximum atomic E-state index is 10.2. The van der Waals surface area contributed by atoms with E-state index in [-0.39, 0.29) is 5.03 Å². The molecule has 1 atom stereocenters. The molecular weight excluding hydrogens is 140 g/mol. The Morgan fingerprint density at radius 3 is 2.78 bits per heavy atom. The van der Waals surface area contributed by atoms with Gasteiger partial charge in [-0.25, -0.2) is 0 Å². The minimum absolute atomic E-state index is 0.204. The molecule has 5 heteroatoms. The van der Waals surface area contributed by atoms with Gasteiger partial charge in [0.25, 0.3) is 0 Å². The third-order valence-corrected chi connectivity index (χ3v) is 1.69. The second kappa shape index (κ2) is 2.28. The zero-order valence-electron chi connectivity index (χ0n) is 4.77. The van der Waals surface area contributed by atoms with Gasteiger partial charge >= 0.3 is 0 Å². The van der Waals surface area contributed by atoms with Crippen molar-refractivity contribution < 1.29 is 8.76 Å². The molecule has 4 nitrogen and oxygen atoms in total. The summed E-state index contributed by atoms with van der Waals surface area (Å²) in [5, 5.41) is 3.87. The fourth-order valence-electron chi connectivity index (χ4n) is 0.525. The topological polar surface area (TPSA) is 58.0 Å². The molecule has 1 rings (SSSR count). The molecule has 1 aromatic heterocycles. The van der Waals surface area contributed by atoms with E-state index in [2.05, 4.69) is 5.10 Å². The van der Waals surface area contributed by atoms with Crippen LogP contribution in [0.25, 0.3) is 0 Å². The number of nitrogens with zero attached hydrogens (tertiary/aromatic N) is 2. The summed E-state index contributed by atoms with van der Waals surface area (Å²) in [6.07, 6.45) is 1.44. The molecular formula is C4H5N2O2S-.